The molecule has 0 aliphatic heterocycles. The zero-order chi connectivity index (χ0) is 44.7. The van der Waals surface area contributed by atoms with E-state index in [1.165, 1.54) is 283 Å². The van der Waals surface area contributed by atoms with Crippen molar-refractivity contribution in [3.05, 3.63) is 0 Å². The first kappa shape index (κ1) is 60.0. The fourth-order valence-electron chi connectivity index (χ4n) is 12.1. The Morgan fingerprint density at radius 3 is 0.650 bits per heavy atom. The van der Waals surface area contributed by atoms with E-state index < -0.39 is 0 Å². The van der Waals surface area contributed by atoms with Crippen molar-refractivity contribution < 1.29 is 0 Å². The Balaban J connectivity index is 3.61. The molecule has 0 amide bonds. The van der Waals surface area contributed by atoms with E-state index >= 15 is 0 Å². The summed E-state index contributed by atoms with van der Waals surface area (Å²) in [6.07, 6.45) is 64.2. The van der Waals surface area contributed by atoms with E-state index in [0.29, 0.717) is 21.7 Å². The summed E-state index contributed by atoms with van der Waals surface area (Å²) in [5, 5.41) is 0. The second-order valence-electron chi connectivity index (χ2n) is 22.6. The molecule has 0 aromatic rings. The molecule has 0 aromatic heterocycles. The van der Waals surface area contributed by atoms with Gasteiger partial charge in [-0.1, -0.05) is 352 Å². The molecule has 0 spiro atoms. The summed E-state index contributed by atoms with van der Waals surface area (Å²) < 4.78 is 0. The molecule has 1 atom stereocenters. The Kier molecular flexibility index (Phi) is 39.4. The lowest BCUT2D eigenvalue weighted by atomic mass is 9.41. The van der Waals surface area contributed by atoms with Gasteiger partial charge in [0.2, 0.25) is 0 Å². The van der Waals surface area contributed by atoms with E-state index in [0.717, 1.165) is 5.92 Å². The normalized spacial score (nSPS) is 13.8. The smallest absolute Gasteiger partial charge is 0.0216 e. The van der Waals surface area contributed by atoms with Crippen LogP contribution in [0.3, 0.4) is 0 Å². The van der Waals surface area contributed by atoms with Gasteiger partial charge in [-0.25, -0.2) is 0 Å². The van der Waals surface area contributed by atoms with Crippen LogP contribution in [-0.2, 0) is 0 Å². The van der Waals surface area contributed by atoms with E-state index in [9.17, 15) is 0 Å². The van der Waals surface area contributed by atoms with Gasteiger partial charge >= 0.3 is 0 Å². The van der Waals surface area contributed by atoms with Gasteiger partial charge < -0.3 is 0 Å². The Labute approximate surface area is 384 Å². The maximum atomic E-state index is 2.71. The average Bonchev–Trinajstić information content (AvgIpc) is 3.24. The lowest BCUT2D eigenvalue weighted by Gasteiger charge is -2.63. The minimum atomic E-state index is 0.305. The number of hydrogen-bond donors (Lipinski definition) is 0. The van der Waals surface area contributed by atoms with Crippen molar-refractivity contribution in [1.82, 2.24) is 0 Å². The standard InChI is InChI=1S/C60H122/c1-12-17-18-19-20-21-22-23-24-25-26-27-28-29-30-31-32-33-34-35-36-37-38-39-40-41-42-43-44-45-46-47-48-49-50-51-52-53-54-55-60(11,57(6,7)56(13-2)14-3)58(8,9)59(10,15-4)16-5/h56H,12-55H2,1-11H3. The maximum Gasteiger partial charge on any atom is -0.0216 e. The highest BCUT2D eigenvalue weighted by atomic mass is 14.6. The van der Waals surface area contributed by atoms with Crippen molar-refractivity contribution in [2.45, 2.75) is 359 Å². The molecule has 0 fully saturated rings. The second kappa shape index (κ2) is 39.4. The third kappa shape index (κ3) is 26.1. The highest BCUT2D eigenvalue weighted by molar-refractivity contribution is 5.07. The molecular formula is C60H122. The van der Waals surface area contributed by atoms with Gasteiger partial charge in [0.25, 0.3) is 0 Å². The number of rotatable bonds is 48. The minimum absolute atomic E-state index is 0.305. The van der Waals surface area contributed by atoms with Gasteiger partial charge in [0, 0.05) is 0 Å². The SMILES string of the molecule is CCCCCCCCCCCCCCCCCCCCCCCCCCCCCCCCCCCCCCCCCC(C)(C(C)(C)C(CC)CC)C(C)(C)C(C)(CC)CC. The maximum absolute atomic E-state index is 2.71. The van der Waals surface area contributed by atoms with Gasteiger partial charge in [0.15, 0.2) is 0 Å². The zero-order valence-electron chi connectivity index (χ0n) is 44.7. The molecular weight excluding hydrogens is 721 g/mol. The molecule has 0 saturated heterocycles. The summed E-state index contributed by atoms with van der Waals surface area (Å²) in [4.78, 5) is 0. The topological polar surface area (TPSA) is 0 Å². The molecule has 0 nitrogen and oxygen atoms in total. The van der Waals surface area contributed by atoms with E-state index in [4.69, 9.17) is 0 Å². The van der Waals surface area contributed by atoms with Gasteiger partial charge in [-0.2, -0.15) is 0 Å². The first-order valence-corrected chi connectivity index (χ1v) is 29.0. The van der Waals surface area contributed by atoms with Crippen LogP contribution in [0.15, 0.2) is 0 Å². The second-order valence-corrected chi connectivity index (χ2v) is 22.6. The average molecular weight is 844 g/mol. The molecule has 0 N–H and O–H groups in total. The highest BCUT2D eigenvalue weighted by Crippen LogP contribution is 2.66. The quantitative estimate of drug-likeness (QED) is 0.0536. The van der Waals surface area contributed by atoms with Gasteiger partial charge in [-0.05, 0) is 34.0 Å². The van der Waals surface area contributed by atoms with Crippen LogP contribution in [0.5, 0.6) is 0 Å². The molecule has 0 aromatic carbocycles. The van der Waals surface area contributed by atoms with Crippen molar-refractivity contribution in [3.8, 4) is 0 Å². The van der Waals surface area contributed by atoms with Gasteiger partial charge in [-0.3, -0.25) is 0 Å². The molecule has 0 radical (unpaired) electrons. The van der Waals surface area contributed by atoms with Crippen LogP contribution in [0.2, 0.25) is 0 Å². The molecule has 0 rings (SSSR count). The van der Waals surface area contributed by atoms with Crippen molar-refractivity contribution in [3.63, 3.8) is 0 Å². The molecule has 0 aliphatic rings. The van der Waals surface area contributed by atoms with E-state index in [2.05, 4.69) is 76.2 Å². The van der Waals surface area contributed by atoms with Gasteiger partial charge in [0.1, 0.15) is 0 Å². The van der Waals surface area contributed by atoms with Crippen LogP contribution in [-0.4, -0.2) is 0 Å². The number of hydrogen-bond acceptors (Lipinski definition) is 0. The fourth-order valence-corrected chi connectivity index (χ4v) is 12.1. The molecule has 0 aliphatic carbocycles. The van der Waals surface area contributed by atoms with Crippen LogP contribution in [0.1, 0.15) is 359 Å². The Bertz CT molecular complexity index is 855. The van der Waals surface area contributed by atoms with Crippen LogP contribution in [0, 0.1) is 27.6 Å². The van der Waals surface area contributed by atoms with Gasteiger partial charge in [-0.15, -0.1) is 0 Å². The third-order valence-electron chi connectivity index (χ3n) is 18.2. The molecule has 0 heteroatoms. The molecule has 0 bridgehead atoms. The largest absolute Gasteiger partial charge is 0.0654 e. The van der Waals surface area contributed by atoms with Crippen LogP contribution >= 0.6 is 0 Å². The Hall–Kier alpha value is 0. The predicted octanol–water partition coefficient (Wildman–Crippen LogP) is 22.9. The molecule has 1 unspecified atom stereocenters. The summed E-state index contributed by atoms with van der Waals surface area (Å²) in [5.41, 5.74) is 1.37. The summed E-state index contributed by atoms with van der Waals surface area (Å²) in [5.74, 6) is 0.799. The van der Waals surface area contributed by atoms with E-state index in [-0.39, 0.29) is 0 Å². The van der Waals surface area contributed by atoms with Crippen LogP contribution in [0.25, 0.3) is 0 Å². The summed E-state index contributed by atoms with van der Waals surface area (Å²) in [6, 6.07) is 0. The van der Waals surface area contributed by atoms with Crippen molar-refractivity contribution >= 4 is 0 Å². The lowest BCUT2D eigenvalue weighted by molar-refractivity contribution is -0.145. The third-order valence-corrected chi connectivity index (χ3v) is 18.2. The molecule has 60 heavy (non-hydrogen) atoms. The summed E-state index contributed by atoms with van der Waals surface area (Å²) in [7, 11) is 0. The van der Waals surface area contributed by atoms with Crippen LogP contribution in [0.4, 0.5) is 0 Å². The van der Waals surface area contributed by atoms with Crippen molar-refractivity contribution in [2.24, 2.45) is 27.6 Å². The highest BCUT2D eigenvalue weighted by Gasteiger charge is 2.58. The predicted molar refractivity (Wildman–Crippen MR) is 279 cm³/mol. The Morgan fingerprint density at radius 1 is 0.267 bits per heavy atom. The van der Waals surface area contributed by atoms with E-state index in [1.54, 1.807) is 0 Å². The fraction of sp³-hybridized carbons (Fsp3) is 1.00. The first-order chi connectivity index (χ1) is 29.0. The van der Waals surface area contributed by atoms with Crippen molar-refractivity contribution in [2.75, 3.05) is 0 Å². The number of unbranched alkanes of at least 4 members (excludes halogenated alkanes) is 38. The molecule has 0 saturated carbocycles. The van der Waals surface area contributed by atoms with Crippen LogP contribution < -0.4 is 0 Å². The lowest BCUT2D eigenvalue weighted by Crippen LogP contribution is -2.56. The van der Waals surface area contributed by atoms with Gasteiger partial charge in [0.05, 0.1) is 0 Å². The molecule has 362 valence electrons. The minimum Gasteiger partial charge on any atom is -0.0654 e. The summed E-state index contributed by atoms with van der Waals surface area (Å²) in [6.45, 7) is 28.0. The summed E-state index contributed by atoms with van der Waals surface area (Å²) >= 11 is 0. The first-order valence-electron chi connectivity index (χ1n) is 29.0. The molecule has 0 heterocycles. The van der Waals surface area contributed by atoms with E-state index in [1.807, 2.05) is 0 Å². The Morgan fingerprint density at radius 2 is 0.467 bits per heavy atom. The zero-order valence-corrected chi connectivity index (χ0v) is 44.7. The van der Waals surface area contributed by atoms with Crippen molar-refractivity contribution in [1.29, 1.82) is 0 Å². The monoisotopic (exact) mass is 843 g/mol.